The van der Waals surface area contributed by atoms with Crippen LogP contribution >= 0.6 is 46.3 Å². The van der Waals surface area contributed by atoms with Crippen molar-refractivity contribution in [2.45, 2.75) is 31.7 Å². The SMILES string of the molecule is C=CCn1c(SCC(=O)Nc2scc(-c3ccc(Cl)cc3)c2C(=O)OC)nnc1C(C)Oc1ccc(Cl)cc1C. The molecule has 1 amide bonds. The first-order valence-corrected chi connectivity index (χ1v) is 14.7. The molecule has 1 N–H and O–H groups in total. The average molecular weight is 618 g/mol. The molecule has 0 aliphatic rings. The second-order valence-electron chi connectivity index (χ2n) is 8.60. The average Bonchev–Trinajstić information content (AvgIpc) is 3.53. The van der Waals surface area contributed by atoms with Crippen molar-refractivity contribution < 1.29 is 19.1 Å². The maximum Gasteiger partial charge on any atom is 0.341 e. The summed E-state index contributed by atoms with van der Waals surface area (Å²) in [6.07, 6.45) is 1.31. The number of hydrogen-bond donors (Lipinski definition) is 1. The van der Waals surface area contributed by atoms with Gasteiger partial charge in [0.1, 0.15) is 16.3 Å². The van der Waals surface area contributed by atoms with Crippen molar-refractivity contribution in [3.8, 4) is 16.9 Å². The topological polar surface area (TPSA) is 95.3 Å². The Morgan fingerprint density at radius 1 is 1.18 bits per heavy atom. The third-order valence-electron chi connectivity index (χ3n) is 5.78. The lowest BCUT2D eigenvalue weighted by molar-refractivity contribution is -0.113. The molecule has 208 valence electrons. The van der Waals surface area contributed by atoms with Gasteiger partial charge in [0.2, 0.25) is 5.91 Å². The van der Waals surface area contributed by atoms with Crippen LogP contribution in [0.1, 0.15) is 34.8 Å². The Labute approximate surface area is 250 Å². The van der Waals surface area contributed by atoms with Gasteiger partial charge in [-0.05, 0) is 55.3 Å². The largest absolute Gasteiger partial charge is 0.482 e. The number of carbonyl (C=O) groups is 2. The van der Waals surface area contributed by atoms with Gasteiger partial charge in [0.05, 0.1) is 12.9 Å². The highest BCUT2D eigenvalue weighted by Gasteiger charge is 2.24. The van der Waals surface area contributed by atoms with Crippen LogP contribution in [0.2, 0.25) is 10.0 Å². The maximum atomic E-state index is 12.9. The number of nitrogens with zero attached hydrogens (tertiary/aromatic N) is 3. The van der Waals surface area contributed by atoms with E-state index in [0.717, 1.165) is 11.1 Å². The molecule has 2 aromatic carbocycles. The van der Waals surface area contributed by atoms with Gasteiger partial charge in [0.25, 0.3) is 0 Å². The van der Waals surface area contributed by atoms with Gasteiger partial charge in [-0.2, -0.15) is 0 Å². The number of esters is 1. The zero-order chi connectivity index (χ0) is 28.8. The molecule has 0 saturated carbocycles. The van der Waals surface area contributed by atoms with Crippen LogP contribution < -0.4 is 10.1 Å². The number of nitrogens with one attached hydrogen (secondary N) is 1. The van der Waals surface area contributed by atoms with Gasteiger partial charge in [-0.15, -0.1) is 28.1 Å². The normalized spacial score (nSPS) is 11.6. The fraction of sp³-hybridized carbons (Fsp3) is 0.214. The van der Waals surface area contributed by atoms with Gasteiger partial charge < -0.3 is 14.8 Å². The van der Waals surface area contributed by atoms with E-state index in [1.165, 1.54) is 30.2 Å². The number of ether oxygens (including phenoxy) is 2. The smallest absolute Gasteiger partial charge is 0.341 e. The van der Waals surface area contributed by atoms with E-state index in [1.807, 2.05) is 30.5 Å². The maximum absolute atomic E-state index is 12.9. The van der Waals surface area contributed by atoms with Crippen LogP contribution in [0.3, 0.4) is 0 Å². The summed E-state index contributed by atoms with van der Waals surface area (Å²) < 4.78 is 13.0. The Bertz CT molecular complexity index is 1540. The Hall–Kier alpha value is -3.31. The van der Waals surface area contributed by atoms with E-state index in [1.54, 1.807) is 41.8 Å². The summed E-state index contributed by atoms with van der Waals surface area (Å²) in [7, 11) is 1.30. The number of aromatic nitrogens is 3. The quantitative estimate of drug-likeness (QED) is 0.106. The monoisotopic (exact) mass is 616 g/mol. The molecule has 0 radical (unpaired) electrons. The first kappa shape index (κ1) is 29.7. The molecule has 2 heterocycles. The molecule has 0 saturated heterocycles. The summed E-state index contributed by atoms with van der Waals surface area (Å²) in [5.74, 6) is 0.463. The first-order chi connectivity index (χ1) is 19.2. The summed E-state index contributed by atoms with van der Waals surface area (Å²) in [6.45, 7) is 8.06. The Morgan fingerprint density at radius 3 is 2.58 bits per heavy atom. The van der Waals surface area contributed by atoms with Gasteiger partial charge >= 0.3 is 5.97 Å². The number of amides is 1. The number of hydrogen-bond acceptors (Lipinski definition) is 8. The Kier molecular flexibility index (Phi) is 9.91. The van der Waals surface area contributed by atoms with Crippen molar-refractivity contribution >= 4 is 63.2 Å². The summed E-state index contributed by atoms with van der Waals surface area (Å²) in [4.78, 5) is 25.6. The molecular formula is C28H26Cl2N4O4S2. The Balaban J connectivity index is 1.48. The van der Waals surface area contributed by atoms with Crippen LogP contribution in [0.5, 0.6) is 5.75 Å². The second-order valence-corrected chi connectivity index (χ2v) is 11.3. The highest BCUT2D eigenvalue weighted by molar-refractivity contribution is 7.99. The van der Waals surface area contributed by atoms with E-state index in [9.17, 15) is 9.59 Å². The molecule has 0 spiro atoms. The van der Waals surface area contributed by atoms with Crippen LogP contribution in [0.25, 0.3) is 11.1 Å². The number of methoxy groups -OCH3 is 1. The van der Waals surface area contributed by atoms with Gasteiger partial charge in [-0.1, -0.05) is 53.2 Å². The standard InChI is InChI=1S/C28H26Cl2N4O4S2/c1-5-12-34-25(17(3)38-22-11-10-20(30)13-16(22)2)32-33-28(34)40-15-23(35)31-26-24(27(36)37-4)21(14-39-26)18-6-8-19(29)9-7-18/h5-11,13-14,17H,1,12,15H2,2-4H3,(H,31,35). The number of anilines is 1. The molecule has 2 aromatic heterocycles. The predicted octanol–water partition coefficient (Wildman–Crippen LogP) is 7.47. The number of aryl methyl sites for hydroxylation is 1. The lowest BCUT2D eigenvalue weighted by Gasteiger charge is -2.17. The molecule has 1 unspecified atom stereocenters. The first-order valence-electron chi connectivity index (χ1n) is 12.1. The number of thioether (sulfide) groups is 1. The Morgan fingerprint density at radius 2 is 1.90 bits per heavy atom. The van der Waals surface area contributed by atoms with Gasteiger partial charge in [-0.3, -0.25) is 9.36 Å². The third kappa shape index (κ3) is 6.87. The molecule has 0 aliphatic carbocycles. The molecule has 0 fully saturated rings. The second kappa shape index (κ2) is 13.4. The van der Waals surface area contributed by atoms with Crippen LogP contribution in [-0.2, 0) is 16.1 Å². The third-order valence-corrected chi connectivity index (χ3v) is 8.13. The molecule has 1 atom stereocenters. The molecule has 4 rings (SSSR count). The van der Waals surface area contributed by atoms with Crippen molar-refractivity contribution in [2.75, 3.05) is 18.2 Å². The van der Waals surface area contributed by atoms with E-state index in [-0.39, 0.29) is 17.2 Å². The zero-order valence-electron chi connectivity index (χ0n) is 21.9. The lowest BCUT2D eigenvalue weighted by Crippen LogP contribution is -2.17. The summed E-state index contributed by atoms with van der Waals surface area (Å²) >= 11 is 14.5. The van der Waals surface area contributed by atoms with E-state index in [2.05, 4.69) is 22.1 Å². The number of halogens is 2. The minimum atomic E-state index is -0.547. The van der Waals surface area contributed by atoms with E-state index in [0.29, 0.717) is 43.9 Å². The van der Waals surface area contributed by atoms with E-state index < -0.39 is 12.1 Å². The molecule has 0 aliphatic heterocycles. The van der Waals surface area contributed by atoms with Gasteiger partial charge in [0.15, 0.2) is 17.1 Å². The summed E-state index contributed by atoms with van der Waals surface area (Å²) in [6, 6.07) is 12.5. The molecule has 0 bridgehead atoms. The van der Waals surface area contributed by atoms with Crippen LogP contribution in [0.15, 0.2) is 65.7 Å². The van der Waals surface area contributed by atoms with Crippen LogP contribution in [-0.4, -0.2) is 39.5 Å². The number of benzene rings is 2. The molecular weight excluding hydrogens is 591 g/mol. The minimum Gasteiger partial charge on any atom is -0.482 e. The number of carbonyl (C=O) groups excluding carboxylic acids is 2. The highest BCUT2D eigenvalue weighted by Crippen LogP contribution is 2.37. The predicted molar refractivity (Wildman–Crippen MR) is 161 cm³/mol. The van der Waals surface area contributed by atoms with Crippen molar-refractivity contribution in [2.24, 2.45) is 0 Å². The molecule has 4 aromatic rings. The zero-order valence-corrected chi connectivity index (χ0v) is 25.1. The lowest BCUT2D eigenvalue weighted by atomic mass is 10.0. The molecule has 8 nitrogen and oxygen atoms in total. The van der Waals surface area contributed by atoms with Crippen LogP contribution in [0.4, 0.5) is 5.00 Å². The number of thiophene rings is 1. The summed E-state index contributed by atoms with van der Waals surface area (Å²) in [5, 5.41) is 15.4. The van der Waals surface area contributed by atoms with Crippen molar-refractivity contribution in [3.05, 3.63) is 87.5 Å². The van der Waals surface area contributed by atoms with E-state index in [4.69, 9.17) is 32.7 Å². The number of allylic oxidation sites excluding steroid dienone is 1. The fourth-order valence-electron chi connectivity index (χ4n) is 3.89. The van der Waals surface area contributed by atoms with Gasteiger partial charge in [0, 0.05) is 27.5 Å². The van der Waals surface area contributed by atoms with Gasteiger partial charge in [-0.25, -0.2) is 4.79 Å². The van der Waals surface area contributed by atoms with Crippen molar-refractivity contribution in [3.63, 3.8) is 0 Å². The van der Waals surface area contributed by atoms with E-state index >= 15 is 0 Å². The van der Waals surface area contributed by atoms with Crippen molar-refractivity contribution in [1.29, 1.82) is 0 Å². The highest BCUT2D eigenvalue weighted by atomic mass is 35.5. The molecule has 12 heteroatoms. The number of rotatable bonds is 11. The fourth-order valence-corrected chi connectivity index (χ4v) is 5.97. The van der Waals surface area contributed by atoms with Crippen LogP contribution in [0, 0.1) is 6.92 Å². The molecule has 40 heavy (non-hydrogen) atoms. The summed E-state index contributed by atoms with van der Waals surface area (Å²) in [5.41, 5.74) is 2.62. The van der Waals surface area contributed by atoms with Crippen molar-refractivity contribution in [1.82, 2.24) is 14.8 Å². The minimum absolute atomic E-state index is 0.0373.